The Labute approximate surface area is 151 Å². The number of carbonyl (C=O) groups excluding carboxylic acids is 1. The van der Waals surface area contributed by atoms with Crippen LogP contribution in [0.1, 0.15) is 67.2 Å². The van der Waals surface area contributed by atoms with Crippen molar-refractivity contribution in [2.24, 2.45) is 17.3 Å². The van der Waals surface area contributed by atoms with Crippen molar-refractivity contribution in [3.8, 4) is 0 Å². The Bertz CT molecular complexity index is 528. The lowest BCUT2D eigenvalue weighted by Gasteiger charge is -2.64. The van der Waals surface area contributed by atoms with Gasteiger partial charge < -0.3 is 19.2 Å². The first-order chi connectivity index (χ1) is 11.4. The van der Waals surface area contributed by atoms with Crippen molar-refractivity contribution in [3.63, 3.8) is 0 Å². The number of esters is 1. The summed E-state index contributed by atoms with van der Waals surface area (Å²) in [5, 5.41) is 10.1. The van der Waals surface area contributed by atoms with Gasteiger partial charge in [-0.1, -0.05) is 13.8 Å². The summed E-state index contributed by atoms with van der Waals surface area (Å²) in [4.78, 5) is 11.8. The third kappa shape index (κ3) is 3.63. The van der Waals surface area contributed by atoms with Crippen molar-refractivity contribution in [3.05, 3.63) is 0 Å². The van der Waals surface area contributed by atoms with E-state index in [1.165, 1.54) is 6.42 Å². The van der Waals surface area contributed by atoms with E-state index in [-0.39, 0.29) is 31.2 Å². The summed E-state index contributed by atoms with van der Waals surface area (Å²) in [6.07, 6.45) is 2.84. The zero-order valence-electron chi connectivity index (χ0n) is 16.5. The molecule has 6 heteroatoms. The highest BCUT2D eigenvalue weighted by molar-refractivity contribution is 6.45. The first-order valence-electron chi connectivity index (χ1n) is 9.65. The fourth-order valence-electron chi connectivity index (χ4n) is 5.08. The summed E-state index contributed by atoms with van der Waals surface area (Å²) >= 11 is 0. The summed E-state index contributed by atoms with van der Waals surface area (Å²) in [5.74, 6) is 0.910. The molecule has 4 rings (SSSR count). The maximum Gasteiger partial charge on any atom is 0.457 e. The molecule has 142 valence electrons. The lowest BCUT2D eigenvalue weighted by atomic mass is 9.43. The van der Waals surface area contributed by atoms with Gasteiger partial charge in [-0.2, -0.15) is 0 Å². The van der Waals surface area contributed by atoms with Crippen LogP contribution in [-0.4, -0.2) is 41.6 Å². The number of aliphatic hydroxyl groups excluding tert-OH is 1. The maximum atomic E-state index is 11.8. The number of hydrogen-bond donors (Lipinski definition) is 1. The van der Waals surface area contributed by atoms with Gasteiger partial charge in [-0.25, -0.2) is 0 Å². The molecule has 1 saturated heterocycles. The van der Waals surface area contributed by atoms with Crippen LogP contribution in [0.15, 0.2) is 0 Å². The van der Waals surface area contributed by atoms with Crippen LogP contribution in [0.4, 0.5) is 0 Å². The lowest BCUT2D eigenvalue weighted by Crippen LogP contribution is -2.65. The third-order valence-corrected chi connectivity index (χ3v) is 6.56. The van der Waals surface area contributed by atoms with Crippen molar-refractivity contribution in [1.82, 2.24) is 0 Å². The predicted molar refractivity (Wildman–Crippen MR) is 96.0 cm³/mol. The molecule has 1 aliphatic heterocycles. The van der Waals surface area contributed by atoms with Gasteiger partial charge in [0, 0.05) is 0 Å². The van der Waals surface area contributed by atoms with E-state index >= 15 is 0 Å². The second kappa shape index (κ2) is 6.24. The van der Waals surface area contributed by atoms with Crippen LogP contribution >= 0.6 is 0 Å². The largest absolute Gasteiger partial charge is 0.460 e. The number of rotatable bonds is 5. The molecule has 3 aliphatic carbocycles. The fourth-order valence-corrected chi connectivity index (χ4v) is 5.08. The predicted octanol–water partition coefficient (Wildman–Crippen LogP) is 3.20. The van der Waals surface area contributed by atoms with Crippen LogP contribution in [0.25, 0.3) is 0 Å². The first kappa shape index (κ1) is 19.2. The second-order valence-corrected chi connectivity index (χ2v) is 9.92. The molecule has 0 amide bonds. The van der Waals surface area contributed by atoms with Gasteiger partial charge in [-0.3, -0.25) is 4.79 Å². The Morgan fingerprint density at radius 1 is 1.32 bits per heavy atom. The highest BCUT2D eigenvalue weighted by Crippen LogP contribution is 2.65. The van der Waals surface area contributed by atoms with E-state index in [1.54, 1.807) is 0 Å². The van der Waals surface area contributed by atoms with Crippen LogP contribution < -0.4 is 0 Å². The third-order valence-electron chi connectivity index (χ3n) is 6.56. The second-order valence-electron chi connectivity index (χ2n) is 9.92. The van der Waals surface area contributed by atoms with Crippen LogP contribution in [-0.2, 0) is 18.8 Å². The van der Waals surface area contributed by atoms with Gasteiger partial charge in [0.15, 0.2) is 0 Å². The van der Waals surface area contributed by atoms with Crippen LogP contribution in [0.3, 0.4) is 0 Å². The molecule has 2 bridgehead atoms. The molecule has 1 heterocycles. The molecule has 0 spiro atoms. The smallest absolute Gasteiger partial charge is 0.457 e. The molecular formula is C19H33BO5. The normalized spacial score (nSPS) is 37.2. The Morgan fingerprint density at radius 3 is 2.60 bits per heavy atom. The average Bonchev–Trinajstić information content (AvgIpc) is 2.78. The van der Waals surface area contributed by atoms with E-state index in [0.717, 1.165) is 12.3 Å². The van der Waals surface area contributed by atoms with Crippen molar-refractivity contribution < 1.29 is 23.9 Å². The van der Waals surface area contributed by atoms with Crippen molar-refractivity contribution in [2.45, 2.75) is 97.0 Å². The topological polar surface area (TPSA) is 65.0 Å². The summed E-state index contributed by atoms with van der Waals surface area (Å²) in [6, 6.07) is 0. The molecule has 0 aromatic rings. The number of carbonyl (C=O) groups is 1. The number of aliphatic hydroxyl groups is 1. The minimum absolute atomic E-state index is 0.0163. The molecular weight excluding hydrogens is 319 g/mol. The molecule has 25 heavy (non-hydrogen) atoms. The number of ether oxygens (including phenoxy) is 1. The Morgan fingerprint density at radius 2 is 2.00 bits per heavy atom. The fraction of sp³-hybridized carbons (Fsp3) is 0.947. The molecule has 0 aromatic heterocycles. The Kier molecular flexibility index (Phi) is 4.79. The monoisotopic (exact) mass is 352 g/mol. The van der Waals surface area contributed by atoms with Gasteiger partial charge in [0.25, 0.3) is 0 Å². The van der Waals surface area contributed by atoms with Gasteiger partial charge in [-0.15, -0.1) is 0 Å². The summed E-state index contributed by atoms with van der Waals surface area (Å²) in [7, 11) is -0.279. The maximum absolute atomic E-state index is 11.8. The molecule has 5 nitrogen and oxygen atoms in total. The molecule has 4 fully saturated rings. The lowest BCUT2D eigenvalue weighted by molar-refractivity contribution is -0.199. The minimum atomic E-state index is -0.720. The molecule has 0 radical (unpaired) electrons. The molecule has 3 saturated carbocycles. The standard InChI is InChI=1S/C19H33BO5/c1-17(2,3)23-16(22)11-13(21)7-8-20-24-15-10-12-9-14(18(12,4)5)19(15,6)25-20/h12-15,21H,7-11H2,1-6H3. The highest BCUT2D eigenvalue weighted by Gasteiger charge is 2.67. The summed E-state index contributed by atoms with van der Waals surface area (Å²) < 4.78 is 17.7. The van der Waals surface area contributed by atoms with E-state index in [9.17, 15) is 9.90 Å². The average molecular weight is 352 g/mol. The van der Waals surface area contributed by atoms with E-state index in [0.29, 0.717) is 24.1 Å². The van der Waals surface area contributed by atoms with Crippen LogP contribution in [0.2, 0.25) is 6.32 Å². The van der Waals surface area contributed by atoms with Gasteiger partial charge >= 0.3 is 13.1 Å². The van der Waals surface area contributed by atoms with E-state index < -0.39 is 11.7 Å². The molecule has 5 unspecified atom stereocenters. The summed E-state index contributed by atoms with van der Waals surface area (Å²) in [6.45, 7) is 12.4. The highest BCUT2D eigenvalue weighted by atomic mass is 16.7. The molecule has 5 atom stereocenters. The van der Waals surface area contributed by atoms with E-state index in [1.807, 2.05) is 20.8 Å². The van der Waals surface area contributed by atoms with E-state index in [4.69, 9.17) is 14.0 Å². The molecule has 1 N–H and O–H groups in total. The summed E-state index contributed by atoms with van der Waals surface area (Å²) in [5.41, 5.74) is -0.398. The quantitative estimate of drug-likeness (QED) is 0.608. The zero-order chi connectivity index (χ0) is 18.6. The first-order valence-corrected chi connectivity index (χ1v) is 9.65. The van der Waals surface area contributed by atoms with Gasteiger partial charge in [0.2, 0.25) is 0 Å². The van der Waals surface area contributed by atoms with Crippen LogP contribution in [0.5, 0.6) is 0 Å². The van der Waals surface area contributed by atoms with Gasteiger partial charge in [0.1, 0.15) is 5.60 Å². The van der Waals surface area contributed by atoms with E-state index in [2.05, 4.69) is 20.8 Å². The minimum Gasteiger partial charge on any atom is -0.460 e. The molecule has 0 aromatic carbocycles. The zero-order valence-corrected chi connectivity index (χ0v) is 16.5. The Hall–Kier alpha value is -0.585. The van der Waals surface area contributed by atoms with Crippen LogP contribution in [0, 0.1) is 17.3 Å². The Balaban J connectivity index is 1.47. The molecule has 4 aliphatic rings. The SMILES string of the molecule is CC(C)(C)OC(=O)CC(O)CCB1OC2CC3CC(C3(C)C)C2(C)O1. The van der Waals surface area contributed by atoms with Crippen molar-refractivity contribution in [2.75, 3.05) is 0 Å². The van der Waals surface area contributed by atoms with Crippen molar-refractivity contribution >= 4 is 13.1 Å². The van der Waals surface area contributed by atoms with Crippen molar-refractivity contribution in [1.29, 1.82) is 0 Å². The van der Waals surface area contributed by atoms with Gasteiger partial charge in [-0.05, 0) is 70.5 Å². The number of hydrogen-bond acceptors (Lipinski definition) is 5. The van der Waals surface area contributed by atoms with Gasteiger partial charge in [0.05, 0.1) is 24.2 Å².